The van der Waals surface area contributed by atoms with E-state index in [4.69, 9.17) is 0 Å². The van der Waals surface area contributed by atoms with Crippen molar-refractivity contribution < 1.29 is 0 Å². The first-order valence-corrected chi connectivity index (χ1v) is 7.01. The van der Waals surface area contributed by atoms with Gasteiger partial charge in [0.25, 0.3) is 0 Å². The lowest BCUT2D eigenvalue weighted by atomic mass is 10.0. The van der Waals surface area contributed by atoms with Gasteiger partial charge in [0.15, 0.2) is 0 Å². The minimum atomic E-state index is 0.243. The van der Waals surface area contributed by atoms with Crippen molar-refractivity contribution in [1.82, 2.24) is 10.3 Å². The zero-order chi connectivity index (χ0) is 13.2. The molecule has 2 rings (SSSR count). The van der Waals surface area contributed by atoms with Crippen LogP contribution in [0.3, 0.4) is 0 Å². The fraction of sp³-hybridized carbons (Fsp3) is 0.667. The van der Waals surface area contributed by atoms with Crippen molar-refractivity contribution in [2.24, 2.45) is 0 Å². The van der Waals surface area contributed by atoms with E-state index in [0.717, 1.165) is 18.9 Å². The molecule has 0 saturated carbocycles. The molecule has 0 aliphatic carbocycles. The highest BCUT2D eigenvalue weighted by Crippen LogP contribution is 2.33. The second-order valence-electron chi connectivity index (χ2n) is 5.79. The molecule has 1 aliphatic heterocycles. The van der Waals surface area contributed by atoms with Gasteiger partial charge in [-0.3, -0.25) is 0 Å². The average molecular weight is 247 g/mol. The highest BCUT2D eigenvalue weighted by molar-refractivity contribution is 5.45. The summed E-state index contributed by atoms with van der Waals surface area (Å²) in [6.45, 7) is 11.1. The summed E-state index contributed by atoms with van der Waals surface area (Å²) in [5, 5.41) is 3.45. The van der Waals surface area contributed by atoms with Crippen LogP contribution in [0.4, 0.5) is 5.82 Å². The molecular formula is C15H25N3. The number of pyridine rings is 1. The van der Waals surface area contributed by atoms with E-state index in [2.05, 4.69) is 55.0 Å². The molecule has 18 heavy (non-hydrogen) atoms. The molecule has 1 fully saturated rings. The standard InChI is InChI=1S/C15H25N3/c1-5-16-12(2)13-7-9-17-14(11-13)18-10-6-8-15(18,3)4/h7,9,11-12,16H,5-6,8,10H2,1-4H3. The smallest absolute Gasteiger partial charge is 0.129 e. The van der Waals surface area contributed by atoms with E-state index >= 15 is 0 Å². The summed E-state index contributed by atoms with van der Waals surface area (Å²) in [7, 11) is 0. The summed E-state index contributed by atoms with van der Waals surface area (Å²) < 4.78 is 0. The summed E-state index contributed by atoms with van der Waals surface area (Å²) >= 11 is 0. The number of nitrogens with one attached hydrogen (secondary N) is 1. The zero-order valence-corrected chi connectivity index (χ0v) is 12.0. The van der Waals surface area contributed by atoms with Crippen molar-refractivity contribution in [2.75, 3.05) is 18.0 Å². The Hall–Kier alpha value is -1.09. The molecule has 1 saturated heterocycles. The number of hydrogen-bond acceptors (Lipinski definition) is 3. The maximum absolute atomic E-state index is 4.56. The van der Waals surface area contributed by atoms with Crippen LogP contribution in [-0.4, -0.2) is 23.6 Å². The predicted octanol–water partition coefficient (Wildman–Crippen LogP) is 3.13. The number of aromatic nitrogens is 1. The SMILES string of the molecule is CCNC(C)c1ccnc(N2CCCC2(C)C)c1. The Bertz CT molecular complexity index is 400. The van der Waals surface area contributed by atoms with Crippen LogP contribution in [0.25, 0.3) is 0 Å². The minimum absolute atomic E-state index is 0.243. The second-order valence-corrected chi connectivity index (χ2v) is 5.79. The van der Waals surface area contributed by atoms with Crippen LogP contribution in [-0.2, 0) is 0 Å². The van der Waals surface area contributed by atoms with Crippen molar-refractivity contribution in [1.29, 1.82) is 0 Å². The van der Waals surface area contributed by atoms with Crippen molar-refractivity contribution in [2.45, 2.75) is 52.1 Å². The first-order chi connectivity index (χ1) is 8.54. The van der Waals surface area contributed by atoms with Gasteiger partial charge < -0.3 is 10.2 Å². The van der Waals surface area contributed by atoms with E-state index in [1.165, 1.54) is 18.4 Å². The van der Waals surface area contributed by atoms with Gasteiger partial charge >= 0.3 is 0 Å². The second kappa shape index (κ2) is 5.27. The molecule has 0 radical (unpaired) electrons. The van der Waals surface area contributed by atoms with Crippen LogP contribution in [0.2, 0.25) is 0 Å². The van der Waals surface area contributed by atoms with Crippen molar-refractivity contribution in [3.8, 4) is 0 Å². The van der Waals surface area contributed by atoms with E-state index in [1.807, 2.05) is 6.20 Å². The summed E-state index contributed by atoms with van der Waals surface area (Å²) in [5.41, 5.74) is 1.57. The minimum Gasteiger partial charge on any atom is -0.351 e. The van der Waals surface area contributed by atoms with Crippen LogP contribution in [0.15, 0.2) is 18.3 Å². The highest BCUT2D eigenvalue weighted by atomic mass is 15.3. The molecule has 3 nitrogen and oxygen atoms in total. The number of rotatable bonds is 4. The van der Waals surface area contributed by atoms with Gasteiger partial charge in [-0.15, -0.1) is 0 Å². The lowest BCUT2D eigenvalue weighted by molar-refractivity contribution is 0.513. The number of nitrogens with zero attached hydrogens (tertiary/aromatic N) is 2. The largest absolute Gasteiger partial charge is 0.351 e. The van der Waals surface area contributed by atoms with E-state index in [9.17, 15) is 0 Å². The topological polar surface area (TPSA) is 28.2 Å². The molecule has 1 aliphatic rings. The Kier molecular flexibility index (Phi) is 3.91. The first kappa shape index (κ1) is 13.3. The highest BCUT2D eigenvalue weighted by Gasteiger charge is 2.32. The lowest BCUT2D eigenvalue weighted by Crippen LogP contribution is -2.38. The van der Waals surface area contributed by atoms with Crippen molar-refractivity contribution >= 4 is 5.82 Å². The molecule has 0 aromatic carbocycles. The molecule has 1 unspecified atom stereocenters. The van der Waals surface area contributed by atoms with Gasteiger partial charge in [-0.1, -0.05) is 6.92 Å². The third kappa shape index (κ3) is 2.66. The van der Waals surface area contributed by atoms with Crippen LogP contribution in [0.1, 0.15) is 52.1 Å². The molecule has 3 heteroatoms. The van der Waals surface area contributed by atoms with Crippen LogP contribution < -0.4 is 10.2 Å². The lowest BCUT2D eigenvalue weighted by Gasteiger charge is -2.33. The molecule has 1 aromatic rings. The molecule has 2 heterocycles. The average Bonchev–Trinajstić information content (AvgIpc) is 2.69. The Balaban J connectivity index is 2.22. The van der Waals surface area contributed by atoms with Gasteiger partial charge in [0.1, 0.15) is 5.82 Å². The van der Waals surface area contributed by atoms with Crippen LogP contribution >= 0.6 is 0 Å². The van der Waals surface area contributed by atoms with Crippen molar-refractivity contribution in [3.05, 3.63) is 23.9 Å². The molecule has 1 N–H and O–H groups in total. The van der Waals surface area contributed by atoms with E-state index in [1.54, 1.807) is 0 Å². The Labute approximate surface area is 111 Å². The molecule has 1 atom stereocenters. The third-order valence-electron chi connectivity index (χ3n) is 3.96. The monoisotopic (exact) mass is 247 g/mol. The van der Waals surface area contributed by atoms with Crippen LogP contribution in [0.5, 0.6) is 0 Å². The maximum atomic E-state index is 4.56. The van der Waals surface area contributed by atoms with E-state index in [-0.39, 0.29) is 5.54 Å². The summed E-state index contributed by atoms with van der Waals surface area (Å²) in [4.78, 5) is 7.00. The Morgan fingerprint density at radius 2 is 2.28 bits per heavy atom. The molecule has 0 bridgehead atoms. The van der Waals surface area contributed by atoms with Gasteiger partial charge in [-0.2, -0.15) is 0 Å². The number of anilines is 1. The normalized spacial score (nSPS) is 20.1. The third-order valence-corrected chi connectivity index (χ3v) is 3.96. The van der Waals surface area contributed by atoms with Gasteiger partial charge in [-0.05, 0) is 57.9 Å². The van der Waals surface area contributed by atoms with E-state index in [0.29, 0.717) is 6.04 Å². The summed E-state index contributed by atoms with van der Waals surface area (Å²) in [5.74, 6) is 1.12. The Morgan fingerprint density at radius 1 is 1.50 bits per heavy atom. The fourth-order valence-corrected chi connectivity index (χ4v) is 2.81. The maximum Gasteiger partial charge on any atom is 0.129 e. The quantitative estimate of drug-likeness (QED) is 0.886. The van der Waals surface area contributed by atoms with Gasteiger partial charge in [0, 0.05) is 24.3 Å². The molecular weight excluding hydrogens is 222 g/mol. The predicted molar refractivity (Wildman–Crippen MR) is 77.0 cm³/mol. The van der Waals surface area contributed by atoms with Gasteiger partial charge in [0.2, 0.25) is 0 Å². The molecule has 100 valence electrons. The zero-order valence-electron chi connectivity index (χ0n) is 12.0. The summed E-state index contributed by atoms with van der Waals surface area (Å²) in [6.07, 6.45) is 4.45. The molecule has 0 amide bonds. The van der Waals surface area contributed by atoms with Gasteiger partial charge in [-0.25, -0.2) is 4.98 Å². The Morgan fingerprint density at radius 3 is 2.89 bits per heavy atom. The first-order valence-electron chi connectivity index (χ1n) is 7.01. The number of hydrogen-bond donors (Lipinski definition) is 1. The van der Waals surface area contributed by atoms with E-state index < -0.39 is 0 Å². The molecule has 1 aromatic heterocycles. The van der Waals surface area contributed by atoms with Gasteiger partial charge in [0.05, 0.1) is 0 Å². The van der Waals surface area contributed by atoms with Crippen molar-refractivity contribution in [3.63, 3.8) is 0 Å². The van der Waals surface area contributed by atoms with Crippen LogP contribution in [0, 0.1) is 0 Å². The molecule has 0 spiro atoms. The summed E-state index contributed by atoms with van der Waals surface area (Å²) in [6, 6.07) is 4.74. The fourth-order valence-electron chi connectivity index (χ4n) is 2.81.